The van der Waals surface area contributed by atoms with Crippen LogP contribution in [0.15, 0.2) is 6.33 Å². The number of hydrogen-bond donors (Lipinski definition) is 2. The summed E-state index contributed by atoms with van der Waals surface area (Å²) in [7, 11) is 0. The van der Waals surface area contributed by atoms with Crippen LogP contribution in [0.2, 0.25) is 5.15 Å². The van der Waals surface area contributed by atoms with E-state index < -0.39 is 40.7 Å². The molecule has 0 aliphatic heterocycles. The van der Waals surface area contributed by atoms with Gasteiger partial charge in [-0.05, 0) is 0 Å². The molecule has 0 spiro atoms. The number of anilines is 1. The number of halogens is 1. The number of carbonyl (C=O) groups is 2. The Balaban J connectivity index is 3.28. The lowest BCUT2D eigenvalue weighted by Crippen LogP contribution is -2.40. The van der Waals surface area contributed by atoms with Crippen LogP contribution in [0.3, 0.4) is 0 Å². The van der Waals surface area contributed by atoms with Crippen molar-refractivity contribution < 1.29 is 14.5 Å². The maximum atomic E-state index is 10.9. The Hall–Kier alpha value is -2.49. The van der Waals surface area contributed by atoms with Gasteiger partial charge in [-0.1, -0.05) is 11.6 Å². The maximum Gasteiger partial charge on any atom is 0.348 e. The normalized spacial score (nSPS) is 9.95. The second-order valence-electron chi connectivity index (χ2n) is 3.38. The number of nitrogens with zero attached hydrogens (tertiary/aromatic N) is 4. The van der Waals surface area contributed by atoms with E-state index in [0.717, 1.165) is 11.2 Å². The number of aromatic nitrogens is 2. The molecule has 0 fully saturated rings. The quantitative estimate of drug-likeness (QED) is 0.378. The molecule has 19 heavy (non-hydrogen) atoms. The van der Waals surface area contributed by atoms with Crippen LogP contribution in [0, 0.1) is 10.1 Å². The van der Waals surface area contributed by atoms with Crippen LogP contribution in [-0.2, 0) is 9.59 Å². The van der Waals surface area contributed by atoms with Crippen molar-refractivity contribution in [2.24, 2.45) is 11.5 Å². The Bertz CT molecular complexity index is 520. The largest absolute Gasteiger partial charge is 0.368 e. The van der Waals surface area contributed by atoms with Crippen LogP contribution in [0.5, 0.6) is 0 Å². The minimum atomic E-state index is -0.827. The standard InChI is InChI=1S/C8H9ClN6O4/c9-7-6(15(18)19)8(13-3-12-7)14(1-4(10)16)2-5(11)17/h3H,1-2H2,(H2,10,16)(H2,11,17). The predicted octanol–water partition coefficient (Wildman–Crippen LogP) is -1.18. The zero-order valence-corrected chi connectivity index (χ0v) is 10.2. The number of hydrogen-bond acceptors (Lipinski definition) is 7. The number of nitrogens with two attached hydrogens (primary N) is 2. The Morgan fingerprint density at radius 3 is 2.26 bits per heavy atom. The lowest BCUT2D eigenvalue weighted by Gasteiger charge is -2.19. The van der Waals surface area contributed by atoms with E-state index in [-0.39, 0.29) is 5.82 Å². The molecule has 0 bridgehead atoms. The Morgan fingerprint density at radius 1 is 1.32 bits per heavy atom. The highest BCUT2D eigenvalue weighted by molar-refractivity contribution is 6.31. The fourth-order valence-electron chi connectivity index (χ4n) is 1.32. The number of rotatable bonds is 6. The molecule has 0 saturated carbocycles. The number of primary amides is 2. The predicted molar refractivity (Wildman–Crippen MR) is 64.3 cm³/mol. The highest BCUT2D eigenvalue weighted by Gasteiger charge is 2.27. The van der Waals surface area contributed by atoms with E-state index >= 15 is 0 Å². The third-order valence-corrected chi connectivity index (χ3v) is 2.21. The van der Waals surface area contributed by atoms with Crippen LogP contribution in [0.4, 0.5) is 11.5 Å². The van der Waals surface area contributed by atoms with Crippen molar-refractivity contribution in [3.05, 3.63) is 21.6 Å². The van der Waals surface area contributed by atoms with Gasteiger partial charge in [0, 0.05) is 0 Å². The van der Waals surface area contributed by atoms with Gasteiger partial charge >= 0.3 is 5.69 Å². The van der Waals surface area contributed by atoms with Gasteiger partial charge in [0.05, 0.1) is 18.0 Å². The van der Waals surface area contributed by atoms with Gasteiger partial charge in [-0.15, -0.1) is 0 Å². The lowest BCUT2D eigenvalue weighted by molar-refractivity contribution is -0.384. The van der Waals surface area contributed by atoms with Crippen molar-refractivity contribution in [3.63, 3.8) is 0 Å². The monoisotopic (exact) mass is 288 g/mol. The number of carbonyl (C=O) groups excluding carboxylic acids is 2. The number of nitro groups is 1. The highest BCUT2D eigenvalue weighted by atomic mass is 35.5. The van der Waals surface area contributed by atoms with Crippen molar-refractivity contribution >= 4 is 34.9 Å². The fourth-order valence-corrected chi connectivity index (χ4v) is 1.52. The van der Waals surface area contributed by atoms with Gasteiger partial charge in [-0.2, -0.15) is 0 Å². The molecule has 0 atom stereocenters. The molecule has 0 saturated heterocycles. The summed E-state index contributed by atoms with van der Waals surface area (Å²) in [5, 5.41) is 10.5. The van der Waals surface area contributed by atoms with Crippen LogP contribution in [0.25, 0.3) is 0 Å². The summed E-state index contributed by atoms with van der Waals surface area (Å²) in [5.74, 6) is -1.93. The first kappa shape index (κ1) is 14.6. The molecule has 0 aromatic carbocycles. The van der Waals surface area contributed by atoms with E-state index in [1.807, 2.05) is 0 Å². The van der Waals surface area contributed by atoms with Crippen LogP contribution in [0.1, 0.15) is 0 Å². The van der Waals surface area contributed by atoms with Gasteiger partial charge in [0.25, 0.3) is 0 Å². The summed E-state index contributed by atoms with van der Waals surface area (Å²) in [5.41, 5.74) is 9.35. The zero-order chi connectivity index (χ0) is 14.6. The molecule has 0 aliphatic carbocycles. The van der Waals surface area contributed by atoms with E-state index in [1.165, 1.54) is 0 Å². The SMILES string of the molecule is NC(=O)CN(CC(N)=O)c1ncnc(Cl)c1[N+](=O)[O-]. The van der Waals surface area contributed by atoms with Gasteiger partial charge in [-0.25, -0.2) is 9.97 Å². The molecule has 0 radical (unpaired) electrons. The van der Waals surface area contributed by atoms with Crippen molar-refractivity contribution in [2.75, 3.05) is 18.0 Å². The molecule has 102 valence electrons. The molecule has 1 rings (SSSR count). The molecule has 1 aromatic heterocycles. The third-order valence-electron chi connectivity index (χ3n) is 1.93. The summed E-state index contributed by atoms with van der Waals surface area (Å²) < 4.78 is 0. The summed E-state index contributed by atoms with van der Waals surface area (Å²) >= 11 is 5.59. The van der Waals surface area contributed by atoms with Crippen LogP contribution in [-0.4, -0.2) is 39.8 Å². The number of amides is 2. The summed E-state index contributed by atoms with van der Waals surface area (Å²) in [4.78, 5) is 40.0. The molecule has 2 amide bonds. The first-order valence-electron chi connectivity index (χ1n) is 4.79. The smallest absolute Gasteiger partial charge is 0.348 e. The van der Waals surface area contributed by atoms with Gasteiger partial charge < -0.3 is 16.4 Å². The Morgan fingerprint density at radius 2 is 1.84 bits per heavy atom. The van der Waals surface area contributed by atoms with E-state index in [1.54, 1.807) is 0 Å². The molecule has 4 N–H and O–H groups in total. The van der Waals surface area contributed by atoms with E-state index in [0.29, 0.717) is 0 Å². The summed E-state index contributed by atoms with van der Waals surface area (Å²) in [6.45, 7) is -0.950. The zero-order valence-electron chi connectivity index (χ0n) is 9.45. The minimum Gasteiger partial charge on any atom is -0.368 e. The average molecular weight is 289 g/mol. The molecule has 11 heteroatoms. The van der Waals surface area contributed by atoms with E-state index in [2.05, 4.69) is 9.97 Å². The Labute approximate surface area is 111 Å². The first-order valence-corrected chi connectivity index (χ1v) is 5.17. The van der Waals surface area contributed by atoms with Gasteiger partial charge in [0.15, 0.2) is 0 Å². The van der Waals surface area contributed by atoms with E-state index in [4.69, 9.17) is 23.1 Å². The molecule has 1 aromatic rings. The van der Waals surface area contributed by atoms with Crippen LogP contribution >= 0.6 is 11.6 Å². The highest BCUT2D eigenvalue weighted by Crippen LogP contribution is 2.30. The first-order chi connectivity index (χ1) is 8.82. The second-order valence-corrected chi connectivity index (χ2v) is 3.74. The van der Waals surface area contributed by atoms with Crippen molar-refractivity contribution in [3.8, 4) is 0 Å². The van der Waals surface area contributed by atoms with Gasteiger partial charge in [0.1, 0.15) is 6.33 Å². The minimum absolute atomic E-state index is 0.303. The summed E-state index contributed by atoms with van der Waals surface area (Å²) in [6.07, 6.45) is 0.958. The summed E-state index contributed by atoms with van der Waals surface area (Å²) in [6, 6.07) is 0. The topological polar surface area (TPSA) is 158 Å². The van der Waals surface area contributed by atoms with Crippen molar-refractivity contribution in [1.29, 1.82) is 0 Å². The second kappa shape index (κ2) is 5.91. The maximum absolute atomic E-state index is 10.9. The van der Waals surface area contributed by atoms with Gasteiger partial charge in [0.2, 0.25) is 22.8 Å². The molecule has 1 heterocycles. The molecule has 0 unspecified atom stereocenters. The average Bonchev–Trinajstić information content (AvgIpc) is 2.25. The van der Waals surface area contributed by atoms with Crippen molar-refractivity contribution in [2.45, 2.75) is 0 Å². The van der Waals surface area contributed by atoms with Crippen LogP contribution < -0.4 is 16.4 Å². The third kappa shape index (κ3) is 3.74. The van der Waals surface area contributed by atoms with Gasteiger partial charge in [-0.3, -0.25) is 19.7 Å². The Kier molecular flexibility index (Phi) is 4.53. The molecule has 10 nitrogen and oxygen atoms in total. The van der Waals surface area contributed by atoms with E-state index in [9.17, 15) is 19.7 Å². The molecule has 0 aliphatic rings. The molecular weight excluding hydrogens is 280 g/mol. The molecular formula is C8H9ClN6O4. The lowest BCUT2D eigenvalue weighted by atomic mass is 10.3. The fraction of sp³-hybridized carbons (Fsp3) is 0.250. The van der Waals surface area contributed by atoms with Crippen molar-refractivity contribution in [1.82, 2.24) is 9.97 Å².